The Morgan fingerprint density at radius 3 is 2.76 bits per heavy atom. The topological polar surface area (TPSA) is 51.8 Å². The lowest BCUT2D eigenvalue weighted by Gasteiger charge is -2.11. The predicted molar refractivity (Wildman–Crippen MR) is 71.8 cm³/mol. The van der Waals surface area contributed by atoms with Crippen molar-refractivity contribution in [3.8, 4) is 0 Å². The maximum atomic E-state index is 6.09. The zero-order valence-corrected chi connectivity index (χ0v) is 11.3. The van der Waals surface area contributed by atoms with Gasteiger partial charge in [-0.05, 0) is 46.1 Å². The van der Waals surface area contributed by atoms with Crippen molar-refractivity contribution in [3.63, 3.8) is 0 Å². The predicted octanol–water partition coefficient (Wildman–Crippen LogP) is 3.14. The largest absolute Gasteiger partial charge is 0.322 e. The fourth-order valence-corrected chi connectivity index (χ4v) is 1.95. The van der Waals surface area contributed by atoms with E-state index in [1.54, 1.807) is 18.6 Å². The van der Waals surface area contributed by atoms with Gasteiger partial charge in [-0.25, -0.2) is 0 Å². The van der Waals surface area contributed by atoms with Crippen LogP contribution in [0, 0.1) is 0 Å². The van der Waals surface area contributed by atoms with Gasteiger partial charge in [-0.2, -0.15) is 0 Å². The number of nitrogens with zero attached hydrogens (tertiary/aromatic N) is 2. The van der Waals surface area contributed by atoms with Crippen LogP contribution in [0.1, 0.15) is 17.3 Å². The average molecular weight is 313 g/mol. The molecule has 0 aliphatic carbocycles. The van der Waals surface area contributed by atoms with E-state index in [9.17, 15) is 0 Å². The lowest BCUT2D eigenvalue weighted by Crippen LogP contribution is -2.15. The summed E-state index contributed by atoms with van der Waals surface area (Å²) in [5.41, 5.74) is 7.92. The molecule has 17 heavy (non-hydrogen) atoms. The zero-order valence-electron chi connectivity index (χ0n) is 8.98. The summed E-state index contributed by atoms with van der Waals surface area (Å²) in [6.45, 7) is 0. The van der Waals surface area contributed by atoms with Crippen molar-refractivity contribution in [3.05, 3.63) is 57.5 Å². The van der Waals surface area contributed by atoms with Crippen molar-refractivity contribution in [1.29, 1.82) is 0 Å². The number of pyridine rings is 2. The average Bonchev–Trinajstić information content (AvgIpc) is 2.33. The number of nitrogens with two attached hydrogens (primary N) is 1. The summed E-state index contributed by atoms with van der Waals surface area (Å²) in [6.07, 6.45) is 5.72. The monoisotopic (exact) mass is 311 g/mol. The minimum Gasteiger partial charge on any atom is -0.322 e. The van der Waals surface area contributed by atoms with E-state index in [2.05, 4.69) is 25.9 Å². The summed E-state index contributed by atoms with van der Waals surface area (Å²) in [7, 11) is 0. The number of hydrogen-bond donors (Lipinski definition) is 1. The Hall–Kier alpha value is -0.970. The highest BCUT2D eigenvalue weighted by atomic mass is 79.9. The highest BCUT2D eigenvalue weighted by Crippen LogP contribution is 2.20. The van der Waals surface area contributed by atoms with Crippen molar-refractivity contribution < 1.29 is 0 Å². The molecule has 2 rings (SSSR count). The van der Waals surface area contributed by atoms with Crippen LogP contribution < -0.4 is 5.73 Å². The molecule has 0 aliphatic rings. The van der Waals surface area contributed by atoms with Crippen LogP contribution in [0.4, 0.5) is 0 Å². The van der Waals surface area contributed by atoms with Gasteiger partial charge in [0.25, 0.3) is 0 Å². The summed E-state index contributed by atoms with van der Waals surface area (Å²) in [6, 6.07) is 5.55. The van der Waals surface area contributed by atoms with E-state index in [-0.39, 0.29) is 6.04 Å². The van der Waals surface area contributed by atoms with E-state index in [0.29, 0.717) is 11.4 Å². The van der Waals surface area contributed by atoms with Gasteiger partial charge in [0.05, 0.1) is 16.8 Å². The first kappa shape index (κ1) is 12.5. The molecule has 2 heterocycles. The molecule has 3 nitrogen and oxygen atoms in total. The van der Waals surface area contributed by atoms with Gasteiger partial charge in [0.1, 0.15) is 0 Å². The molecule has 1 atom stereocenters. The van der Waals surface area contributed by atoms with E-state index in [1.807, 2.05) is 18.2 Å². The first-order chi connectivity index (χ1) is 8.16. The molecular formula is C12H11BrClN3. The lowest BCUT2D eigenvalue weighted by molar-refractivity contribution is 0.695. The molecule has 0 fully saturated rings. The van der Waals surface area contributed by atoms with Gasteiger partial charge in [-0.15, -0.1) is 0 Å². The summed E-state index contributed by atoms with van der Waals surface area (Å²) in [4.78, 5) is 8.22. The third-order valence-corrected chi connectivity index (χ3v) is 3.24. The lowest BCUT2D eigenvalue weighted by atomic mass is 10.0. The molecule has 0 radical (unpaired) electrons. The standard InChI is InChI=1S/C12H11BrClN3/c13-9-1-2-12(17-6-9)11(15)5-8-3-4-16-7-10(8)14/h1-4,6-7,11H,5,15H2. The fourth-order valence-electron chi connectivity index (χ4n) is 1.52. The van der Waals surface area contributed by atoms with Crippen LogP contribution in [0.3, 0.4) is 0 Å². The molecule has 2 aromatic rings. The molecular weight excluding hydrogens is 302 g/mol. The zero-order chi connectivity index (χ0) is 12.3. The molecule has 0 aliphatic heterocycles. The van der Waals surface area contributed by atoms with Crippen molar-refractivity contribution in [2.24, 2.45) is 5.73 Å². The molecule has 0 saturated carbocycles. The van der Waals surface area contributed by atoms with E-state index in [0.717, 1.165) is 15.7 Å². The molecule has 2 N–H and O–H groups in total. The quantitative estimate of drug-likeness (QED) is 0.947. The first-order valence-electron chi connectivity index (χ1n) is 5.12. The minimum absolute atomic E-state index is 0.164. The second kappa shape index (κ2) is 5.58. The van der Waals surface area contributed by atoms with Crippen LogP contribution in [0.15, 0.2) is 41.3 Å². The van der Waals surface area contributed by atoms with Gasteiger partial charge >= 0.3 is 0 Å². The molecule has 1 unspecified atom stereocenters. The van der Waals surface area contributed by atoms with Crippen LogP contribution in [0.2, 0.25) is 5.02 Å². The van der Waals surface area contributed by atoms with Crippen LogP contribution in [0.5, 0.6) is 0 Å². The molecule has 0 amide bonds. The SMILES string of the molecule is NC(Cc1ccncc1Cl)c1ccc(Br)cn1. The molecule has 88 valence electrons. The Balaban J connectivity index is 2.14. The smallest absolute Gasteiger partial charge is 0.0622 e. The Morgan fingerprint density at radius 2 is 2.12 bits per heavy atom. The summed E-state index contributed by atoms with van der Waals surface area (Å²) in [5.74, 6) is 0. The Bertz CT molecular complexity index is 501. The van der Waals surface area contributed by atoms with Crippen molar-refractivity contribution in [2.45, 2.75) is 12.5 Å². The van der Waals surface area contributed by atoms with Crippen molar-refractivity contribution in [2.75, 3.05) is 0 Å². The normalized spacial score (nSPS) is 12.4. The maximum absolute atomic E-state index is 6.09. The van der Waals surface area contributed by atoms with E-state index in [4.69, 9.17) is 17.3 Å². The van der Waals surface area contributed by atoms with Gasteiger partial charge in [0.15, 0.2) is 0 Å². The molecule has 0 aromatic carbocycles. The maximum Gasteiger partial charge on any atom is 0.0622 e. The van der Waals surface area contributed by atoms with Gasteiger partial charge < -0.3 is 5.73 Å². The summed E-state index contributed by atoms with van der Waals surface area (Å²) >= 11 is 9.38. The second-order valence-corrected chi connectivity index (χ2v) is 5.00. The van der Waals surface area contributed by atoms with E-state index < -0.39 is 0 Å². The Kier molecular flexibility index (Phi) is 4.10. The number of hydrogen-bond acceptors (Lipinski definition) is 3. The van der Waals surface area contributed by atoms with Crippen molar-refractivity contribution >= 4 is 27.5 Å². The minimum atomic E-state index is -0.164. The summed E-state index contributed by atoms with van der Waals surface area (Å²) in [5, 5.41) is 0.639. The van der Waals surface area contributed by atoms with Crippen LogP contribution in [0.25, 0.3) is 0 Å². The van der Waals surface area contributed by atoms with Gasteiger partial charge in [-0.1, -0.05) is 11.6 Å². The Morgan fingerprint density at radius 1 is 1.29 bits per heavy atom. The van der Waals surface area contributed by atoms with Crippen molar-refractivity contribution in [1.82, 2.24) is 9.97 Å². The first-order valence-corrected chi connectivity index (χ1v) is 6.29. The number of rotatable bonds is 3. The number of aromatic nitrogens is 2. The van der Waals surface area contributed by atoms with Crippen LogP contribution in [-0.2, 0) is 6.42 Å². The molecule has 0 saturated heterocycles. The van der Waals surface area contributed by atoms with E-state index >= 15 is 0 Å². The third-order valence-electron chi connectivity index (χ3n) is 2.43. The van der Waals surface area contributed by atoms with Gasteiger partial charge in [-0.3, -0.25) is 9.97 Å². The summed E-state index contributed by atoms with van der Waals surface area (Å²) < 4.78 is 0.940. The highest BCUT2D eigenvalue weighted by molar-refractivity contribution is 9.10. The van der Waals surface area contributed by atoms with E-state index in [1.165, 1.54) is 0 Å². The molecule has 0 spiro atoms. The molecule has 2 aromatic heterocycles. The van der Waals surface area contributed by atoms with Gasteiger partial charge in [0.2, 0.25) is 0 Å². The van der Waals surface area contributed by atoms with Crippen LogP contribution >= 0.6 is 27.5 Å². The molecule has 5 heteroatoms. The second-order valence-electron chi connectivity index (χ2n) is 3.68. The third kappa shape index (κ3) is 3.25. The molecule has 0 bridgehead atoms. The number of halogens is 2. The Labute approximate surface area is 113 Å². The van der Waals surface area contributed by atoms with Crippen LogP contribution in [-0.4, -0.2) is 9.97 Å². The highest BCUT2D eigenvalue weighted by Gasteiger charge is 2.10. The van der Waals surface area contributed by atoms with Gasteiger partial charge in [0, 0.05) is 23.1 Å². The fraction of sp³-hybridized carbons (Fsp3) is 0.167.